The number of benzene rings is 3. The Bertz CT molecular complexity index is 1530. The van der Waals surface area contributed by atoms with E-state index in [9.17, 15) is 14.4 Å². The van der Waals surface area contributed by atoms with Gasteiger partial charge in [-0.3, -0.25) is 9.59 Å². The molecule has 2 aliphatic heterocycles. The van der Waals surface area contributed by atoms with Crippen molar-refractivity contribution in [2.24, 2.45) is 0 Å². The van der Waals surface area contributed by atoms with Crippen molar-refractivity contribution < 1.29 is 23.9 Å². The molecule has 0 aliphatic carbocycles. The van der Waals surface area contributed by atoms with E-state index in [0.717, 1.165) is 11.4 Å². The van der Waals surface area contributed by atoms with Crippen LogP contribution in [0.5, 0.6) is 11.5 Å². The van der Waals surface area contributed by atoms with E-state index in [1.807, 2.05) is 74.4 Å². The Balaban J connectivity index is 1.49. The lowest BCUT2D eigenvalue weighted by Crippen LogP contribution is -2.34. The van der Waals surface area contributed by atoms with E-state index < -0.39 is 11.6 Å². The number of hydrogen-bond acceptors (Lipinski definition) is 7. The minimum atomic E-state index is -1.23. The highest BCUT2D eigenvalue weighted by atomic mass is 16.6. The van der Waals surface area contributed by atoms with Crippen LogP contribution in [0.25, 0.3) is 0 Å². The van der Waals surface area contributed by atoms with Gasteiger partial charge in [0.25, 0.3) is 5.91 Å². The van der Waals surface area contributed by atoms with Gasteiger partial charge in [0.2, 0.25) is 5.91 Å². The molecule has 9 heteroatoms. The second-order valence-corrected chi connectivity index (χ2v) is 10.4. The van der Waals surface area contributed by atoms with Crippen molar-refractivity contribution in [1.29, 1.82) is 0 Å². The summed E-state index contributed by atoms with van der Waals surface area (Å²) in [6.07, 6.45) is 5.78. The number of terminal acetylenes is 1. The lowest BCUT2D eigenvalue weighted by atomic mass is 9.77. The molecule has 0 fully saturated rings. The molecule has 3 aromatic carbocycles. The summed E-state index contributed by atoms with van der Waals surface area (Å²) in [6, 6.07) is 16.6. The van der Waals surface area contributed by atoms with Crippen molar-refractivity contribution in [3.05, 3.63) is 82.4 Å². The number of anilines is 2. The summed E-state index contributed by atoms with van der Waals surface area (Å²) in [7, 11) is 7.79. The van der Waals surface area contributed by atoms with Crippen LogP contribution in [0.1, 0.15) is 50.2 Å². The van der Waals surface area contributed by atoms with Crippen molar-refractivity contribution in [1.82, 2.24) is 10.6 Å². The van der Waals surface area contributed by atoms with Crippen LogP contribution in [0.4, 0.5) is 11.4 Å². The largest absolute Gasteiger partial charge is 0.456 e. The molecule has 41 heavy (non-hydrogen) atoms. The second kappa shape index (κ2) is 10.9. The van der Waals surface area contributed by atoms with Gasteiger partial charge < -0.3 is 29.9 Å². The number of ether oxygens (including phenoxy) is 2. The van der Waals surface area contributed by atoms with Crippen LogP contribution in [0.15, 0.2) is 54.6 Å². The third-order valence-corrected chi connectivity index (χ3v) is 7.30. The lowest BCUT2D eigenvalue weighted by Gasteiger charge is -2.37. The molecule has 5 rings (SSSR count). The van der Waals surface area contributed by atoms with Crippen LogP contribution >= 0.6 is 0 Å². The Morgan fingerprint density at radius 3 is 2.02 bits per heavy atom. The zero-order valence-electron chi connectivity index (χ0n) is 23.5. The Labute approximate surface area is 239 Å². The third-order valence-electron chi connectivity index (χ3n) is 7.30. The standard InChI is InChI=1S/C32H32N4O5/c1-6-7-8-29(37)33-15-16-34-30(38)20-9-12-24-23(17-20)31(39)41-32(24)25-13-10-21(35(2)3)18-27(25)40-28-19-22(36(4)5)11-14-26(28)32/h1,9-14,17-19H,7-8,15-16H2,2-5H3,(H,33,37)(H,34,38). The fourth-order valence-electron chi connectivity index (χ4n) is 5.16. The van der Waals surface area contributed by atoms with Gasteiger partial charge in [0.1, 0.15) is 11.5 Å². The molecule has 9 nitrogen and oxygen atoms in total. The van der Waals surface area contributed by atoms with Crippen LogP contribution in [0.3, 0.4) is 0 Å². The molecule has 0 saturated heterocycles. The first-order valence-electron chi connectivity index (χ1n) is 13.3. The number of nitrogens with zero attached hydrogens (tertiary/aromatic N) is 2. The fourth-order valence-corrected chi connectivity index (χ4v) is 5.16. The van der Waals surface area contributed by atoms with E-state index in [-0.39, 0.29) is 31.3 Å². The molecule has 2 N–H and O–H groups in total. The van der Waals surface area contributed by atoms with E-state index in [0.29, 0.717) is 45.7 Å². The first-order chi connectivity index (χ1) is 19.6. The van der Waals surface area contributed by atoms with Gasteiger partial charge in [-0.1, -0.05) is 6.07 Å². The number of carbonyl (C=O) groups is 3. The molecule has 0 atom stereocenters. The molecule has 0 aromatic heterocycles. The van der Waals surface area contributed by atoms with Crippen LogP contribution in [0, 0.1) is 12.3 Å². The van der Waals surface area contributed by atoms with Gasteiger partial charge in [-0.2, -0.15) is 0 Å². The van der Waals surface area contributed by atoms with E-state index in [1.165, 1.54) is 0 Å². The number of carbonyl (C=O) groups excluding carboxylic acids is 3. The number of fused-ring (bicyclic) bond motifs is 6. The van der Waals surface area contributed by atoms with Crippen LogP contribution in [-0.2, 0) is 15.1 Å². The van der Waals surface area contributed by atoms with E-state index >= 15 is 0 Å². The van der Waals surface area contributed by atoms with E-state index in [1.54, 1.807) is 18.2 Å². The number of amides is 2. The minimum Gasteiger partial charge on any atom is -0.456 e. The topological polar surface area (TPSA) is 100 Å². The molecule has 0 bridgehead atoms. The van der Waals surface area contributed by atoms with Crippen molar-refractivity contribution in [3.8, 4) is 23.8 Å². The summed E-state index contributed by atoms with van der Waals surface area (Å²) in [5, 5.41) is 5.49. The zero-order valence-corrected chi connectivity index (χ0v) is 23.5. The van der Waals surface area contributed by atoms with Crippen molar-refractivity contribution in [2.45, 2.75) is 18.4 Å². The Morgan fingerprint density at radius 2 is 1.44 bits per heavy atom. The number of nitrogens with one attached hydrogen (secondary N) is 2. The van der Waals surface area contributed by atoms with Gasteiger partial charge >= 0.3 is 5.97 Å². The Morgan fingerprint density at radius 1 is 0.854 bits per heavy atom. The van der Waals surface area contributed by atoms with Gasteiger partial charge in [-0.15, -0.1) is 12.3 Å². The summed E-state index contributed by atoms with van der Waals surface area (Å²) in [6.45, 7) is 0.495. The first kappa shape index (κ1) is 27.6. The summed E-state index contributed by atoms with van der Waals surface area (Å²) in [4.78, 5) is 42.0. The summed E-state index contributed by atoms with van der Waals surface area (Å²) >= 11 is 0. The molecule has 0 unspecified atom stereocenters. The molecule has 0 saturated carbocycles. The maximum Gasteiger partial charge on any atom is 0.340 e. The highest BCUT2D eigenvalue weighted by Gasteiger charge is 2.53. The molecule has 2 heterocycles. The molecule has 2 aliphatic rings. The average Bonchev–Trinajstić information content (AvgIpc) is 3.25. The third kappa shape index (κ3) is 4.93. The Kier molecular flexibility index (Phi) is 7.33. The summed E-state index contributed by atoms with van der Waals surface area (Å²) in [5.41, 5.74) is 3.33. The van der Waals surface area contributed by atoms with Crippen molar-refractivity contribution >= 4 is 29.2 Å². The molecule has 210 valence electrons. The Hall–Kier alpha value is -4.97. The summed E-state index contributed by atoms with van der Waals surface area (Å²) < 4.78 is 12.7. The van der Waals surface area contributed by atoms with Crippen LogP contribution < -0.4 is 25.2 Å². The minimum absolute atomic E-state index is 0.171. The highest BCUT2D eigenvalue weighted by molar-refractivity contribution is 6.01. The zero-order chi connectivity index (χ0) is 29.3. The van der Waals surface area contributed by atoms with E-state index in [2.05, 4.69) is 16.6 Å². The quantitative estimate of drug-likeness (QED) is 0.250. The number of hydrogen-bond donors (Lipinski definition) is 2. The van der Waals surface area contributed by atoms with Crippen LogP contribution in [0.2, 0.25) is 0 Å². The lowest BCUT2D eigenvalue weighted by molar-refractivity contribution is -0.120. The molecule has 3 aromatic rings. The van der Waals surface area contributed by atoms with Gasteiger partial charge in [-0.05, 0) is 36.4 Å². The van der Waals surface area contributed by atoms with Crippen molar-refractivity contribution in [3.63, 3.8) is 0 Å². The van der Waals surface area contributed by atoms with Gasteiger partial charge in [0.15, 0.2) is 5.60 Å². The normalized spacial score (nSPS) is 13.6. The monoisotopic (exact) mass is 552 g/mol. The number of rotatable bonds is 8. The molecule has 1 spiro atoms. The van der Waals surface area contributed by atoms with Gasteiger partial charge in [0, 0.05) is 99.9 Å². The number of esters is 1. The van der Waals surface area contributed by atoms with Crippen molar-refractivity contribution in [2.75, 3.05) is 51.1 Å². The van der Waals surface area contributed by atoms with Gasteiger partial charge in [-0.25, -0.2) is 4.79 Å². The predicted octanol–water partition coefficient (Wildman–Crippen LogP) is 3.65. The summed E-state index contributed by atoms with van der Waals surface area (Å²) in [5.74, 6) is 2.54. The smallest absolute Gasteiger partial charge is 0.340 e. The molecular weight excluding hydrogens is 520 g/mol. The van der Waals surface area contributed by atoms with Gasteiger partial charge in [0.05, 0.1) is 5.56 Å². The molecule has 0 radical (unpaired) electrons. The SMILES string of the molecule is C#CCCC(=O)NCCNC(=O)c1ccc2c(c1)C(=O)OC21c2ccc(N(C)C)cc2Oc2cc(N(C)C)ccc21. The molecular formula is C32H32N4O5. The average molecular weight is 553 g/mol. The first-order valence-corrected chi connectivity index (χ1v) is 13.3. The maximum absolute atomic E-state index is 13.4. The predicted molar refractivity (Wildman–Crippen MR) is 157 cm³/mol. The maximum atomic E-state index is 13.4. The van der Waals surface area contributed by atoms with Crippen LogP contribution in [-0.4, -0.2) is 59.1 Å². The fraction of sp³-hybridized carbons (Fsp3) is 0.281. The van der Waals surface area contributed by atoms with E-state index in [4.69, 9.17) is 15.9 Å². The molecule has 2 amide bonds. The second-order valence-electron chi connectivity index (χ2n) is 10.4. The highest BCUT2D eigenvalue weighted by Crippen LogP contribution is 2.57.